The molecule has 0 bridgehead atoms. The number of rotatable bonds is 4. The molecule has 0 saturated carbocycles. The summed E-state index contributed by atoms with van der Waals surface area (Å²) in [5, 5.41) is 4.03. The molecule has 1 N–H and O–H groups in total. The van der Waals surface area contributed by atoms with Crippen molar-refractivity contribution in [2.45, 2.75) is 12.8 Å². The molecule has 0 spiro atoms. The molecule has 8 heteroatoms. The molecule has 7 nitrogen and oxygen atoms in total. The summed E-state index contributed by atoms with van der Waals surface area (Å²) < 4.78 is 26.6. The van der Waals surface area contributed by atoms with E-state index in [2.05, 4.69) is 5.32 Å². The molecule has 4 rings (SSSR count). The zero-order valence-corrected chi connectivity index (χ0v) is 17.3. The van der Waals surface area contributed by atoms with Gasteiger partial charge in [0.15, 0.2) is 0 Å². The number of benzene rings is 2. The van der Waals surface area contributed by atoms with Gasteiger partial charge in [-0.25, -0.2) is 8.42 Å². The normalized spacial score (nSPS) is 17.6. The van der Waals surface area contributed by atoms with Crippen molar-refractivity contribution >= 4 is 33.6 Å². The topological polar surface area (TPSA) is 86.8 Å². The van der Waals surface area contributed by atoms with Gasteiger partial charge in [0.05, 0.1) is 0 Å². The molecule has 0 radical (unpaired) electrons. The summed E-state index contributed by atoms with van der Waals surface area (Å²) in [4.78, 5) is 26.0. The van der Waals surface area contributed by atoms with Gasteiger partial charge in [-0.1, -0.05) is 30.3 Å². The van der Waals surface area contributed by atoms with Crippen LogP contribution in [-0.2, 0) is 21.2 Å². The van der Waals surface area contributed by atoms with Crippen LogP contribution >= 0.6 is 0 Å². The molecule has 1 fully saturated rings. The van der Waals surface area contributed by atoms with E-state index in [1.807, 2.05) is 36.4 Å². The lowest BCUT2D eigenvalue weighted by Crippen LogP contribution is -2.50. The highest BCUT2D eigenvalue weighted by atomic mass is 32.2. The summed E-state index contributed by atoms with van der Waals surface area (Å²) >= 11 is 0. The second-order valence-electron chi connectivity index (χ2n) is 7.37. The van der Waals surface area contributed by atoms with E-state index in [-0.39, 0.29) is 24.9 Å². The predicted molar refractivity (Wildman–Crippen MR) is 115 cm³/mol. The van der Waals surface area contributed by atoms with Crippen LogP contribution in [0.4, 0.5) is 5.69 Å². The Hall–Kier alpha value is -2.97. The predicted octanol–water partition coefficient (Wildman–Crippen LogP) is 2.33. The van der Waals surface area contributed by atoms with Crippen LogP contribution in [0.1, 0.15) is 27.9 Å². The highest BCUT2D eigenvalue weighted by Gasteiger charge is 2.28. The van der Waals surface area contributed by atoms with Gasteiger partial charge in [0.25, 0.3) is 5.91 Å². The molecule has 0 aliphatic carbocycles. The maximum absolute atomic E-state index is 12.9. The minimum absolute atomic E-state index is 0.0137. The molecule has 2 aliphatic heterocycles. The summed E-state index contributed by atoms with van der Waals surface area (Å²) in [5.74, 6) is -0.133. The van der Waals surface area contributed by atoms with Crippen molar-refractivity contribution in [2.24, 2.45) is 0 Å². The molecule has 1 saturated heterocycles. The monoisotopic (exact) mass is 425 g/mol. The maximum atomic E-state index is 12.9. The van der Waals surface area contributed by atoms with Crippen LogP contribution < -0.4 is 5.32 Å². The molecule has 0 aromatic heterocycles. The van der Waals surface area contributed by atoms with Crippen molar-refractivity contribution in [1.29, 1.82) is 0 Å². The summed E-state index contributed by atoms with van der Waals surface area (Å²) in [6, 6.07) is 14.5. The average molecular weight is 426 g/mol. The lowest BCUT2D eigenvalue weighted by molar-refractivity contribution is -0.116. The Balaban J connectivity index is 1.39. The van der Waals surface area contributed by atoms with Crippen molar-refractivity contribution in [1.82, 2.24) is 9.21 Å². The number of aryl methyl sites for hydroxylation is 1. The van der Waals surface area contributed by atoms with E-state index in [1.54, 1.807) is 23.1 Å². The second kappa shape index (κ2) is 8.41. The van der Waals surface area contributed by atoms with Crippen molar-refractivity contribution < 1.29 is 18.0 Å². The SMILES string of the molecule is O=C1CCc2cc(C(=O)N3CCN(S(=O)(=O)/C=C/c4ccccc4)CC3)ccc2N1. The smallest absolute Gasteiger partial charge is 0.253 e. The van der Waals surface area contributed by atoms with E-state index in [0.29, 0.717) is 31.5 Å². The number of nitrogens with one attached hydrogen (secondary N) is 1. The fourth-order valence-corrected chi connectivity index (χ4v) is 4.83. The van der Waals surface area contributed by atoms with Crippen LogP contribution in [0.5, 0.6) is 0 Å². The molecule has 0 atom stereocenters. The highest BCUT2D eigenvalue weighted by Crippen LogP contribution is 2.24. The van der Waals surface area contributed by atoms with Crippen LogP contribution in [0.15, 0.2) is 53.9 Å². The van der Waals surface area contributed by atoms with Crippen molar-refractivity contribution in [3.63, 3.8) is 0 Å². The van der Waals surface area contributed by atoms with Gasteiger partial charge in [-0.05, 0) is 41.8 Å². The minimum Gasteiger partial charge on any atom is -0.336 e. The van der Waals surface area contributed by atoms with Crippen LogP contribution in [0.25, 0.3) is 6.08 Å². The third kappa shape index (κ3) is 4.44. The molecule has 2 aromatic carbocycles. The molecule has 0 unspecified atom stereocenters. The van der Waals surface area contributed by atoms with Gasteiger partial charge in [-0.3, -0.25) is 9.59 Å². The number of hydrogen-bond donors (Lipinski definition) is 1. The minimum atomic E-state index is -3.54. The van der Waals surface area contributed by atoms with Gasteiger partial charge in [0.2, 0.25) is 15.9 Å². The van der Waals surface area contributed by atoms with E-state index in [1.165, 1.54) is 9.71 Å². The Kier molecular flexibility index (Phi) is 5.69. The van der Waals surface area contributed by atoms with Gasteiger partial charge in [-0.2, -0.15) is 4.31 Å². The first-order valence-corrected chi connectivity index (χ1v) is 11.4. The first kappa shape index (κ1) is 20.3. The van der Waals surface area contributed by atoms with Gasteiger partial charge < -0.3 is 10.2 Å². The number of amides is 2. The molecule has 2 aliphatic rings. The number of carbonyl (C=O) groups is 2. The Labute approximate surface area is 176 Å². The number of hydrogen-bond acceptors (Lipinski definition) is 4. The van der Waals surface area contributed by atoms with Gasteiger partial charge in [0.1, 0.15) is 0 Å². The number of piperazine rings is 1. The fourth-order valence-electron chi connectivity index (χ4n) is 3.66. The molecule has 2 amide bonds. The van der Waals surface area contributed by atoms with Crippen LogP contribution in [0.3, 0.4) is 0 Å². The van der Waals surface area contributed by atoms with Crippen LogP contribution in [0, 0.1) is 0 Å². The second-order valence-corrected chi connectivity index (χ2v) is 9.19. The molecule has 156 valence electrons. The third-order valence-corrected chi connectivity index (χ3v) is 6.93. The molecule has 2 aromatic rings. The Morgan fingerprint density at radius 3 is 2.43 bits per heavy atom. The maximum Gasteiger partial charge on any atom is 0.253 e. The molecule has 2 heterocycles. The lowest BCUT2D eigenvalue weighted by atomic mass is 10.00. The summed E-state index contributed by atoms with van der Waals surface area (Å²) in [5.41, 5.74) is 3.08. The lowest BCUT2D eigenvalue weighted by Gasteiger charge is -2.33. The van der Waals surface area contributed by atoms with Gasteiger partial charge in [-0.15, -0.1) is 0 Å². The molecule has 30 heavy (non-hydrogen) atoms. The van der Waals surface area contributed by atoms with E-state index >= 15 is 0 Å². The van der Waals surface area contributed by atoms with Crippen LogP contribution in [0.2, 0.25) is 0 Å². The Bertz CT molecular complexity index is 1090. The zero-order valence-electron chi connectivity index (χ0n) is 16.5. The van der Waals surface area contributed by atoms with Crippen molar-refractivity contribution in [2.75, 3.05) is 31.5 Å². The molecular formula is C22H23N3O4S. The quantitative estimate of drug-likeness (QED) is 0.815. The summed E-state index contributed by atoms with van der Waals surface area (Å²) in [6.45, 7) is 1.19. The van der Waals surface area contributed by atoms with E-state index in [0.717, 1.165) is 16.8 Å². The van der Waals surface area contributed by atoms with Crippen molar-refractivity contribution in [3.05, 3.63) is 70.6 Å². The van der Waals surface area contributed by atoms with Gasteiger partial charge in [0, 0.05) is 49.3 Å². The summed E-state index contributed by atoms with van der Waals surface area (Å²) in [7, 11) is -3.54. The number of sulfonamides is 1. The summed E-state index contributed by atoms with van der Waals surface area (Å²) in [6.07, 6.45) is 2.61. The first-order valence-electron chi connectivity index (χ1n) is 9.88. The van der Waals surface area contributed by atoms with Crippen molar-refractivity contribution in [3.8, 4) is 0 Å². The van der Waals surface area contributed by atoms with E-state index in [9.17, 15) is 18.0 Å². The highest BCUT2D eigenvalue weighted by molar-refractivity contribution is 7.92. The Morgan fingerprint density at radius 1 is 0.967 bits per heavy atom. The van der Waals surface area contributed by atoms with E-state index < -0.39 is 10.0 Å². The number of anilines is 1. The fraction of sp³-hybridized carbons (Fsp3) is 0.273. The molecular weight excluding hydrogens is 402 g/mol. The van der Waals surface area contributed by atoms with E-state index in [4.69, 9.17) is 0 Å². The van der Waals surface area contributed by atoms with Crippen LogP contribution in [-0.4, -0.2) is 55.6 Å². The number of fused-ring (bicyclic) bond motifs is 1. The average Bonchev–Trinajstić information content (AvgIpc) is 2.78. The Morgan fingerprint density at radius 2 is 1.70 bits per heavy atom. The van der Waals surface area contributed by atoms with Gasteiger partial charge >= 0.3 is 0 Å². The standard InChI is InChI=1S/C22H23N3O4S/c26-21-9-7-18-16-19(6-8-20(18)23-21)22(27)24-11-13-25(14-12-24)30(28,29)15-10-17-4-2-1-3-5-17/h1-6,8,10,15-16H,7,9,11-14H2,(H,23,26)/b15-10+. The zero-order chi connectivity index (χ0) is 21.1. The number of nitrogens with zero attached hydrogens (tertiary/aromatic N) is 2. The largest absolute Gasteiger partial charge is 0.336 e. The number of carbonyl (C=O) groups excluding carboxylic acids is 2. The first-order chi connectivity index (χ1) is 14.4. The third-order valence-electron chi connectivity index (χ3n) is 5.37.